The van der Waals surface area contributed by atoms with Gasteiger partial charge in [0.25, 0.3) is 0 Å². The maximum absolute atomic E-state index is 3.46. The van der Waals surface area contributed by atoms with Gasteiger partial charge in [-0.1, -0.05) is 6.92 Å². The molecule has 2 aliphatic heterocycles. The van der Waals surface area contributed by atoms with E-state index in [4.69, 9.17) is 0 Å². The standard InChI is InChI=1S/C15H31N3/c1-3-14(2)18-12-10-17(11-13-18)9-6-15-4-7-16-8-5-15/h14-16H,3-13H2,1-2H3. The lowest BCUT2D eigenvalue weighted by Crippen LogP contribution is -2.49. The number of hydrogen-bond donors (Lipinski definition) is 1. The molecule has 3 nitrogen and oxygen atoms in total. The van der Waals surface area contributed by atoms with Crippen molar-refractivity contribution >= 4 is 0 Å². The molecule has 1 unspecified atom stereocenters. The monoisotopic (exact) mass is 253 g/mol. The summed E-state index contributed by atoms with van der Waals surface area (Å²) in [4.78, 5) is 5.34. The Kier molecular flexibility index (Phi) is 5.93. The Labute approximate surface area is 113 Å². The summed E-state index contributed by atoms with van der Waals surface area (Å²) in [5.41, 5.74) is 0. The predicted octanol–water partition coefficient (Wildman–Crippen LogP) is 1.79. The van der Waals surface area contributed by atoms with E-state index < -0.39 is 0 Å². The van der Waals surface area contributed by atoms with Crippen molar-refractivity contribution in [1.82, 2.24) is 15.1 Å². The Bertz CT molecular complexity index is 218. The zero-order valence-corrected chi connectivity index (χ0v) is 12.3. The zero-order chi connectivity index (χ0) is 12.8. The molecule has 0 aromatic carbocycles. The fraction of sp³-hybridized carbons (Fsp3) is 1.00. The van der Waals surface area contributed by atoms with E-state index >= 15 is 0 Å². The van der Waals surface area contributed by atoms with Gasteiger partial charge in [-0.3, -0.25) is 4.90 Å². The molecule has 0 aromatic heterocycles. The van der Waals surface area contributed by atoms with Crippen LogP contribution in [0.2, 0.25) is 0 Å². The van der Waals surface area contributed by atoms with Gasteiger partial charge in [0.2, 0.25) is 0 Å². The fourth-order valence-corrected chi connectivity index (χ4v) is 3.22. The second-order valence-corrected chi connectivity index (χ2v) is 6.12. The molecule has 1 atom stereocenters. The van der Waals surface area contributed by atoms with Crippen LogP contribution < -0.4 is 5.32 Å². The quantitative estimate of drug-likeness (QED) is 0.806. The van der Waals surface area contributed by atoms with Crippen LogP contribution >= 0.6 is 0 Å². The summed E-state index contributed by atoms with van der Waals surface area (Å²) in [6.07, 6.45) is 5.50. The molecule has 2 aliphatic rings. The summed E-state index contributed by atoms with van der Waals surface area (Å²) in [6, 6.07) is 0.775. The SMILES string of the molecule is CCC(C)N1CCN(CCC2CCNCC2)CC1. The van der Waals surface area contributed by atoms with E-state index in [1.807, 2.05) is 0 Å². The molecule has 2 rings (SSSR count). The molecule has 3 heteroatoms. The maximum Gasteiger partial charge on any atom is 0.0113 e. The predicted molar refractivity (Wildman–Crippen MR) is 78.0 cm³/mol. The highest BCUT2D eigenvalue weighted by atomic mass is 15.3. The molecule has 0 saturated carbocycles. The largest absolute Gasteiger partial charge is 0.317 e. The molecule has 0 spiro atoms. The lowest BCUT2D eigenvalue weighted by atomic mass is 9.94. The van der Waals surface area contributed by atoms with Crippen molar-refractivity contribution in [1.29, 1.82) is 0 Å². The second-order valence-electron chi connectivity index (χ2n) is 6.12. The lowest BCUT2D eigenvalue weighted by molar-refractivity contribution is 0.0953. The van der Waals surface area contributed by atoms with Crippen molar-refractivity contribution < 1.29 is 0 Å². The van der Waals surface area contributed by atoms with E-state index in [1.165, 1.54) is 71.5 Å². The Morgan fingerprint density at radius 3 is 2.39 bits per heavy atom. The Morgan fingerprint density at radius 1 is 1.11 bits per heavy atom. The minimum Gasteiger partial charge on any atom is -0.317 e. The molecule has 2 fully saturated rings. The second kappa shape index (κ2) is 7.46. The topological polar surface area (TPSA) is 18.5 Å². The van der Waals surface area contributed by atoms with Crippen molar-refractivity contribution in [3.8, 4) is 0 Å². The summed E-state index contributed by atoms with van der Waals surface area (Å²) in [5, 5.41) is 3.46. The third kappa shape index (κ3) is 4.22. The highest BCUT2D eigenvalue weighted by Gasteiger charge is 2.21. The third-order valence-electron chi connectivity index (χ3n) is 4.93. The van der Waals surface area contributed by atoms with E-state index in [-0.39, 0.29) is 0 Å². The van der Waals surface area contributed by atoms with E-state index in [2.05, 4.69) is 29.0 Å². The molecule has 2 saturated heterocycles. The first-order chi connectivity index (χ1) is 8.79. The molecule has 0 radical (unpaired) electrons. The van der Waals surface area contributed by atoms with E-state index in [0.717, 1.165) is 12.0 Å². The molecule has 1 N–H and O–H groups in total. The van der Waals surface area contributed by atoms with Gasteiger partial charge in [0.1, 0.15) is 0 Å². The Hall–Kier alpha value is -0.120. The van der Waals surface area contributed by atoms with E-state index in [0.29, 0.717) is 0 Å². The first-order valence-corrected chi connectivity index (χ1v) is 7.96. The van der Waals surface area contributed by atoms with Crippen LogP contribution in [0, 0.1) is 5.92 Å². The molecule has 2 heterocycles. The highest BCUT2D eigenvalue weighted by molar-refractivity contribution is 4.77. The summed E-state index contributed by atoms with van der Waals surface area (Å²) >= 11 is 0. The number of nitrogens with zero attached hydrogens (tertiary/aromatic N) is 2. The number of hydrogen-bond acceptors (Lipinski definition) is 3. The zero-order valence-electron chi connectivity index (χ0n) is 12.3. The van der Waals surface area contributed by atoms with Crippen LogP contribution in [0.3, 0.4) is 0 Å². The van der Waals surface area contributed by atoms with Gasteiger partial charge in [0, 0.05) is 32.2 Å². The summed E-state index contributed by atoms with van der Waals surface area (Å²) in [6.45, 7) is 13.6. The van der Waals surface area contributed by atoms with Crippen molar-refractivity contribution in [2.75, 3.05) is 45.8 Å². The normalized spacial score (nSPS) is 26.3. The molecular weight excluding hydrogens is 222 g/mol. The average Bonchev–Trinajstić information content (AvgIpc) is 2.46. The summed E-state index contributed by atoms with van der Waals surface area (Å²) in [5.74, 6) is 0.985. The van der Waals surface area contributed by atoms with Gasteiger partial charge in [0.05, 0.1) is 0 Å². The van der Waals surface area contributed by atoms with E-state index in [9.17, 15) is 0 Å². The summed E-state index contributed by atoms with van der Waals surface area (Å²) in [7, 11) is 0. The van der Waals surface area contributed by atoms with Gasteiger partial charge in [-0.2, -0.15) is 0 Å². The van der Waals surface area contributed by atoms with Crippen LogP contribution in [0.25, 0.3) is 0 Å². The van der Waals surface area contributed by atoms with Gasteiger partial charge in [-0.15, -0.1) is 0 Å². The van der Waals surface area contributed by atoms with Crippen LogP contribution in [0.15, 0.2) is 0 Å². The van der Waals surface area contributed by atoms with Crippen LogP contribution in [0.1, 0.15) is 39.5 Å². The molecule has 18 heavy (non-hydrogen) atoms. The number of rotatable bonds is 5. The molecule has 0 aliphatic carbocycles. The number of piperazine rings is 1. The third-order valence-corrected chi connectivity index (χ3v) is 4.93. The van der Waals surface area contributed by atoms with Crippen molar-refractivity contribution in [2.24, 2.45) is 5.92 Å². The first kappa shape index (κ1) is 14.3. The fourth-order valence-electron chi connectivity index (χ4n) is 3.22. The van der Waals surface area contributed by atoms with Gasteiger partial charge in [-0.25, -0.2) is 0 Å². The Morgan fingerprint density at radius 2 is 1.78 bits per heavy atom. The molecule has 106 valence electrons. The van der Waals surface area contributed by atoms with Crippen LogP contribution in [-0.2, 0) is 0 Å². The van der Waals surface area contributed by atoms with Crippen molar-refractivity contribution in [3.05, 3.63) is 0 Å². The van der Waals surface area contributed by atoms with Gasteiger partial charge >= 0.3 is 0 Å². The number of piperidine rings is 1. The summed E-state index contributed by atoms with van der Waals surface area (Å²) < 4.78 is 0. The average molecular weight is 253 g/mol. The van der Waals surface area contributed by atoms with E-state index in [1.54, 1.807) is 0 Å². The van der Waals surface area contributed by atoms with Gasteiger partial charge < -0.3 is 10.2 Å². The molecule has 0 bridgehead atoms. The molecular formula is C15H31N3. The Balaban J connectivity index is 1.61. The molecule has 0 amide bonds. The number of nitrogens with one attached hydrogen (secondary N) is 1. The van der Waals surface area contributed by atoms with Gasteiger partial charge in [-0.05, 0) is 58.2 Å². The van der Waals surface area contributed by atoms with Crippen molar-refractivity contribution in [2.45, 2.75) is 45.6 Å². The minimum absolute atomic E-state index is 0.775. The molecule has 0 aromatic rings. The maximum atomic E-state index is 3.46. The highest BCUT2D eigenvalue weighted by Crippen LogP contribution is 2.17. The first-order valence-electron chi connectivity index (χ1n) is 7.96. The lowest BCUT2D eigenvalue weighted by Gasteiger charge is -2.38. The van der Waals surface area contributed by atoms with Crippen LogP contribution in [0.4, 0.5) is 0 Å². The minimum atomic E-state index is 0.775. The van der Waals surface area contributed by atoms with Crippen molar-refractivity contribution in [3.63, 3.8) is 0 Å². The van der Waals surface area contributed by atoms with Crippen LogP contribution in [0.5, 0.6) is 0 Å². The smallest absolute Gasteiger partial charge is 0.0113 e. The van der Waals surface area contributed by atoms with Crippen LogP contribution in [-0.4, -0.2) is 61.7 Å². The van der Waals surface area contributed by atoms with Gasteiger partial charge in [0.15, 0.2) is 0 Å².